The predicted octanol–water partition coefficient (Wildman–Crippen LogP) is 3.30. The Hall–Kier alpha value is -1.88. The molecule has 2 aromatic rings. The summed E-state index contributed by atoms with van der Waals surface area (Å²) < 4.78 is 15.9. The number of carbonyl (C=O) groups excluding carboxylic acids is 1. The number of benzene rings is 1. The van der Waals surface area contributed by atoms with Gasteiger partial charge in [-0.3, -0.25) is 9.48 Å². The van der Waals surface area contributed by atoms with Crippen molar-refractivity contribution in [2.24, 2.45) is 0 Å². The maximum absolute atomic E-state index is 13.9. The van der Waals surface area contributed by atoms with Crippen molar-refractivity contribution in [1.29, 1.82) is 0 Å². The van der Waals surface area contributed by atoms with Crippen LogP contribution in [0.5, 0.6) is 0 Å². The van der Waals surface area contributed by atoms with Crippen LogP contribution in [0.4, 0.5) is 4.39 Å². The Balaban J connectivity index is 1.77. The molecule has 4 nitrogen and oxygen atoms in total. The molecule has 1 amide bonds. The second-order valence-corrected chi connectivity index (χ2v) is 6.17. The van der Waals surface area contributed by atoms with Crippen molar-refractivity contribution in [2.45, 2.75) is 26.8 Å². The lowest BCUT2D eigenvalue weighted by Crippen LogP contribution is -2.51. The van der Waals surface area contributed by atoms with E-state index in [1.54, 1.807) is 17.9 Å². The van der Waals surface area contributed by atoms with Crippen molar-refractivity contribution < 1.29 is 9.18 Å². The zero-order chi connectivity index (χ0) is 16.0. The molecule has 1 fully saturated rings. The van der Waals surface area contributed by atoms with Gasteiger partial charge in [0.1, 0.15) is 5.82 Å². The summed E-state index contributed by atoms with van der Waals surface area (Å²) in [5.41, 5.74) is 2.68. The summed E-state index contributed by atoms with van der Waals surface area (Å²) in [5.74, 6) is -0.931. The molecule has 22 heavy (non-hydrogen) atoms. The molecule has 0 spiro atoms. The summed E-state index contributed by atoms with van der Waals surface area (Å²) in [6, 6.07) is 5.00. The first kappa shape index (κ1) is 15.0. The molecule has 0 N–H and O–H groups in total. The quantitative estimate of drug-likeness (QED) is 0.851. The van der Waals surface area contributed by atoms with Crippen LogP contribution in [-0.2, 0) is 0 Å². The van der Waals surface area contributed by atoms with Crippen LogP contribution in [0.25, 0.3) is 0 Å². The average molecular weight is 322 g/mol. The highest BCUT2D eigenvalue weighted by molar-refractivity contribution is 6.34. The van der Waals surface area contributed by atoms with Crippen LogP contribution in [0.1, 0.15) is 33.4 Å². The lowest BCUT2D eigenvalue weighted by atomic mass is 10.0. The van der Waals surface area contributed by atoms with Gasteiger partial charge >= 0.3 is 0 Å². The van der Waals surface area contributed by atoms with Crippen molar-refractivity contribution in [2.75, 3.05) is 13.1 Å². The zero-order valence-electron chi connectivity index (χ0n) is 12.7. The van der Waals surface area contributed by atoms with Crippen molar-refractivity contribution in [3.8, 4) is 0 Å². The molecule has 3 rings (SSSR count). The number of carbonyl (C=O) groups is 1. The molecular formula is C16H17ClFN3O. The van der Waals surface area contributed by atoms with Crippen LogP contribution >= 0.6 is 11.6 Å². The topological polar surface area (TPSA) is 38.1 Å². The number of hydrogen-bond acceptors (Lipinski definition) is 2. The molecule has 116 valence electrons. The smallest absolute Gasteiger partial charge is 0.258 e. The van der Waals surface area contributed by atoms with E-state index < -0.39 is 5.82 Å². The summed E-state index contributed by atoms with van der Waals surface area (Å²) in [5, 5.41) is 4.62. The van der Waals surface area contributed by atoms with Gasteiger partial charge in [-0.25, -0.2) is 4.39 Å². The van der Waals surface area contributed by atoms with E-state index in [4.69, 9.17) is 11.6 Å². The molecular weight excluding hydrogens is 305 g/mol. The summed E-state index contributed by atoms with van der Waals surface area (Å²) in [6.45, 7) is 6.72. The molecule has 2 heterocycles. The highest BCUT2D eigenvalue weighted by atomic mass is 35.5. The van der Waals surface area contributed by atoms with Crippen LogP contribution in [0, 0.1) is 26.6 Å². The second kappa shape index (κ2) is 5.39. The van der Waals surface area contributed by atoms with E-state index in [9.17, 15) is 9.18 Å². The lowest BCUT2D eigenvalue weighted by molar-refractivity contribution is 0.0493. The third-order valence-electron chi connectivity index (χ3n) is 4.04. The highest BCUT2D eigenvalue weighted by Gasteiger charge is 2.35. The van der Waals surface area contributed by atoms with Gasteiger partial charge in [-0.05, 0) is 38.5 Å². The molecule has 1 aromatic carbocycles. The lowest BCUT2D eigenvalue weighted by Gasteiger charge is -2.40. The van der Waals surface area contributed by atoms with E-state index >= 15 is 0 Å². The molecule has 1 saturated heterocycles. The van der Waals surface area contributed by atoms with E-state index in [-0.39, 0.29) is 22.5 Å². The fraction of sp³-hybridized carbons (Fsp3) is 0.375. The number of hydrogen-bond donors (Lipinski definition) is 0. The van der Waals surface area contributed by atoms with Crippen molar-refractivity contribution in [3.63, 3.8) is 0 Å². The first-order chi connectivity index (χ1) is 10.4. The summed E-state index contributed by atoms with van der Waals surface area (Å²) in [4.78, 5) is 14.1. The molecule has 1 aromatic heterocycles. The minimum absolute atomic E-state index is 0.0338. The Morgan fingerprint density at radius 1 is 1.32 bits per heavy atom. The third kappa shape index (κ3) is 2.39. The molecule has 0 bridgehead atoms. The van der Waals surface area contributed by atoms with Gasteiger partial charge in [0, 0.05) is 18.8 Å². The largest absolute Gasteiger partial charge is 0.334 e. The molecule has 6 heteroatoms. The second-order valence-electron chi connectivity index (χ2n) is 5.79. The predicted molar refractivity (Wildman–Crippen MR) is 82.8 cm³/mol. The molecule has 1 aliphatic heterocycles. The highest BCUT2D eigenvalue weighted by Crippen LogP contribution is 2.29. The third-order valence-corrected chi connectivity index (χ3v) is 4.53. The molecule has 0 unspecified atom stereocenters. The summed E-state index contributed by atoms with van der Waals surface area (Å²) in [6.07, 6.45) is 0. The zero-order valence-corrected chi connectivity index (χ0v) is 13.5. The standard InChI is InChI=1S/C16H17ClFN3O/c1-9-4-5-13(18)14(15(9)17)16(22)20-7-12(8-20)21-11(3)6-10(2)19-21/h4-6,12H,7-8H2,1-3H3. The van der Waals surface area contributed by atoms with E-state index in [0.717, 1.165) is 11.4 Å². The van der Waals surface area contributed by atoms with Gasteiger partial charge in [0.15, 0.2) is 0 Å². The van der Waals surface area contributed by atoms with E-state index in [0.29, 0.717) is 18.7 Å². The van der Waals surface area contributed by atoms with Crippen molar-refractivity contribution >= 4 is 17.5 Å². The number of nitrogens with zero attached hydrogens (tertiary/aromatic N) is 3. The monoisotopic (exact) mass is 321 g/mol. The maximum atomic E-state index is 13.9. The Kier molecular flexibility index (Phi) is 3.68. The van der Waals surface area contributed by atoms with Gasteiger partial charge in [0.2, 0.25) is 0 Å². The molecule has 0 atom stereocenters. The number of likely N-dealkylation sites (tertiary alicyclic amines) is 1. The first-order valence-electron chi connectivity index (χ1n) is 7.15. The van der Waals surface area contributed by atoms with Gasteiger partial charge in [-0.15, -0.1) is 0 Å². The number of rotatable bonds is 2. The van der Waals surface area contributed by atoms with Gasteiger partial charge in [-0.1, -0.05) is 17.7 Å². The van der Waals surface area contributed by atoms with Crippen molar-refractivity contribution in [3.05, 3.63) is 51.6 Å². The van der Waals surface area contributed by atoms with Gasteiger partial charge < -0.3 is 4.90 Å². The Morgan fingerprint density at radius 3 is 2.59 bits per heavy atom. The van der Waals surface area contributed by atoms with Gasteiger partial charge in [0.05, 0.1) is 22.3 Å². The van der Waals surface area contributed by atoms with Crippen molar-refractivity contribution in [1.82, 2.24) is 14.7 Å². The molecule has 0 saturated carbocycles. The molecule has 1 aliphatic rings. The molecule has 0 radical (unpaired) electrons. The normalized spacial score (nSPS) is 15.0. The van der Waals surface area contributed by atoms with Crippen LogP contribution in [0.2, 0.25) is 5.02 Å². The van der Waals surface area contributed by atoms with Crippen LogP contribution in [-0.4, -0.2) is 33.7 Å². The number of amides is 1. The van der Waals surface area contributed by atoms with Gasteiger partial charge in [-0.2, -0.15) is 5.10 Å². The van der Waals surface area contributed by atoms with E-state index in [1.165, 1.54) is 6.07 Å². The average Bonchev–Trinajstić information content (AvgIpc) is 2.72. The minimum Gasteiger partial charge on any atom is -0.334 e. The Bertz CT molecular complexity index is 750. The van der Waals surface area contributed by atoms with E-state index in [2.05, 4.69) is 5.10 Å². The Labute approximate surface area is 133 Å². The number of halogens is 2. The molecule has 0 aliphatic carbocycles. The Morgan fingerprint density at radius 2 is 2.00 bits per heavy atom. The summed E-state index contributed by atoms with van der Waals surface area (Å²) >= 11 is 6.10. The number of aryl methyl sites for hydroxylation is 3. The number of aromatic nitrogens is 2. The maximum Gasteiger partial charge on any atom is 0.258 e. The van der Waals surface area contributed by atoms with Crippen LogP contribution < -0.4 is 0 Å². The first-order valence-corrected chi connectivity index (χ1v) is 7.53. The fourth-order valence-electron chi connectivity index (χ4n) is 2.80. The van der Waals surface area contributed by atoms with Gasteiger partial charge in [0.25, 0.3) is 5.91 Å². The van der Waals surface area contributed by atoms with Crippen LogP contribution in [0.3, 0.4) is 0 Å². The fourth-order valence-corrected chi connectivity index (χ4v) is 3.04. The minimum atomic E-state index is -0.574. The van der Waals surface area contributed by atoms with E-state index in [1.807, 2.05) is 24.6 Å². The summed E-state index contributed by atoms with van der Waals surface area (Å²) in [7, 11) is 0. The van der Waals surface area contributed by atoms with Crippen LogP contribution in [0.15, 0.2) is 18.2 Å². The SMILES string of the molecule is Cc1cc(C)n(C2CN(C(=O)c3c(F)ccc(C)c3Cl)C2)n1.